The summed E-state index contributed by atoms with van der Waals surface area (Å²) in [6.45, 7) is 2.13. The second-order valence-corrected chi connectivity index (χ2v) is 8.88. The van der Waals surface area contributed by atoms with Crippen LogP contribution >= 0.6 is 11.3 Å². The van der Waals surface area contributed by atoms with Gasteiger partial charge in [0.2, 0.25) is 0 Å². The van der Waals surface area contributed by atoms with E-state index in [2.05, 4.69) is 10.2 Å². The van der Waals surface area contributed by atoms with Crippen molar-refractivity contribution in [3.63, 3.8) is 0 Å². The molecule has 1 N–H and O–H groups in total. The summed E-state index contributed by atoms with van der Waals surface area (Å²) in [5.74, 6) is -1.23. The minimum absolute atomic E-state index is 0.0523. The van der Waals surface area contributed by atoms with E-state index in [4.69, 9.17) is 0 Å². The molecule has 1 aromatic heterocycles. The summed E-state index contributed by atoms with van der Waals surface area (Å²) in [5.41, 5.74) is -1.23. The molecule has 1 saturated carbocycles. The van der Waals surface area contributed by atoms with Crippen LogP contribution in [0.5, 0.6) is 0 Å². The molecule has 2 bridgehead atoms. The van der Waals surface area contributed by atoms with Crippen LogP contribution in [0.2, 0.25) is 0 Å². The minimum Gasteiger partial charge on any atom is -0.346 e. The predicted molar refractivity (Wildman–Crippen MR) is 94.3 cm³/mol. The van der Waals surface area contributed by atoms with E-state index in [-0.39, 0.29) is 32.5 Å². The van der Waals surface area contributed by atoms with Crippen LogP contribution in [-0.4, -0.2) is 35.5 Å². The molecule has 4 fully saturated rings. The van der Waals surface area contributed by atoms with Crippen molar-refractivity contribution in [2.75, 3.05) is 13.1 Å². The van der Waals surface area contributed by atoms with Gasteiger partial charge in [0, 0.05) is 5.54 Å². The van der Waals surface area contributed by atoms with Gasteiger partial charge >= 0.3 is 6.18 Å². The monoisotopic (exact) mass is 398 g/mol. The van der Waals surface area contributed by atoms with Gasteiger partial charge in [-0.2, -0.15) is 13.2 Å². The predicted octanol–water partition coefficient (Wildman–Crippen LogP) is 4.42. The third kappa shape index (κ3) is 2.60. The Kier molecular flexibility index (Phi) is 3.66. The Morgan fingerprint density at radius 3 is 2.56 bits per heavy atom. The molecular formula is C19H18F4N2OS. The van der Waals surface area contributed by atoms with Gasteiger partial charge in [0.25, 0.3) is 5.91 Å². The standard InChI is InChI=1S/C19H18F4N2OS/c20-12-2-1-11-9-13(27-15(11)14(12)19(21,22)23)17(26)24-16-10-3-7-25(8-4-10)18(16)5-6-18/h1-2,9-10,16H,3-8H2,(H,24,26). The van der Waals surface area contributed by atoms with E-state index >= 15 is 0 Å². The van der Waals surface area contributed by atoms with E-state index in [1.165, 1.54) is 12.1 Å². The topological polar surface area (TPSA) is 32.3 Å². The van der Waals surface area contributed by atoms with Crippen molar-refractivity contribution in [3.8, 4) is 0 Å². The number of piperidine rings is 3. The Hall–Kier alpha value is -1.67. The van der Waals surface area contributed by atoms with Gasteiger partial charge in [-0.15, -0.1) is 11.3 Å². The van der Waals surface area contributed by atoms with E-state index in [9.17, 15) is 22.4 Å². The molecule has 6 rings (SSSR count). The van der Waals surface area contributed by atoms with E-state index < -0.39 is 17.6 Å². The Bertz CT molecular complexity index is 926. The molecule has 144 valence electrons. The van der Waals surface area contributed by atoms with Gasteiger partial charge in [-0.3, -0.25) is 9.69 Å². The van der Waals surface area contributed by atoms with Gasteiger partial charge in [0.1, 0.15) is 11.4 Å². The van der Waals surface area contributed by atoms with Crippen molar-refractivity contribution >= 4 is 27.3 Å². The molecule has 8 heteroatoms. The molecule has 1 spiro atoms. The molecular weight excluding hydrogens is 380 g/mol. The summed E-state index contributed by atoms with van der Waals surface area (Å²) in [6.07, 6.45) is -0.588. The summed E-state index contributed by atoms with van der Waals surface area (Å²) in [7, 11) is 0. The smallest absolute Gasteiger partial charge is 0.346 e. The fourth-order valence-electron chi connectivity index (χ4n) is 4.99. The number of thiophene rings is 1. The number of rotatable bonds is 2. The van der Waals surface area contributed by atoms with Crippen LogP contribution in [0, 0.1) is 11.7 Å². The molecule has 27 heavy (non-hydrogen) atoms. The second-order valence-electron chi connectivity index (χ2n) is 7.83. The highest BCUT2D eigenvalue weighted by molar-refractivity contribution is 7.21. The van der Waals surface area contributed by atoms with E-state index in [0.29, 0.717) is 17.3 Å². The van der Waals surface area contributed by atoms with Crippen LogP contribution in [0.25, 0.3) is 10.1 Å². The highest BCUT2D eigenvalue weighted by Crippen LogP contribution is 2.53. The summed E-state index contributed by atoms with van der Waals surface area (Å²) in [6, 6.07) is 3.59. The lowest BCUT2D eigenvalue weighted by Gasteiger charge is -2.52. The highest BCUT2D eigenvalue weighted by atomic mass is 32.1. The van der Waals surface area contributed by atoms with Gasteiger partial charge in [-0.05, 0) is 62.2 Å². The molecule has 1 unspecified atom stereocenters. The number of carbonyl (C=O) groups is 1. The molecule has 2 aromatic rings. The van der Waals surface area contributed by atoms with Crippen LogP contribution < -0.4 is 5.32 Å². The molecule has 3 aliphatic heterocycles. The number of hydrogen-bond acceptors (Lipinski definition) is 3. The van der Waals surface area contributed by atoms with E-state index in [0.717, 1.165) is 44.8 Å². The maximum Gasteiger partial charge on any atom is 0.420 e. The molecule has 1 aromatic carbocycles. The second kappa shape index (κ2) is 5.67. The number of nitrogens with one attached hydrogen (secondary N) is 1. The Morgan fingerprint density at radius 1 is 1.22 bits per heavy atom. The number of fused-ring (bicyclic) bond motifs is 3. The van der Waals surface area contributed by atoms with Crippen LogP contribution in [0.3, 0.4) is 0 Å². The largest absolute Gasteiger partial charge is 0.420 e. The number of amides is 1. The number of nitrogens with zero attached hydrogens (tertiary/aromatic N) is 1. The quantitative estimate of drug-likeness (QED) is 0.760. The SMILES string of the molecule is O=C(NC1C2CCN(CC2)C12CC2)c1cc2ccc(F)c(C(F)(F)F)c2s1. The van der Waals surface area contributed by atoms with Crippen molar-refractivity contribution in [1.29, 1.82) is 0 Å². The summed E-state index contributed by atoms with van der Waals surface area (Å²) in [4.78, 5) is 15.5. The van der Waals surface area contributed by atoms with Crippen molar-refractivity contribution in [2.24, 2.45) is 5.92 Å². The lowest BCUT2D eigenvalue weighted by molar-refractivity contribution is -0.138. The van der Waals surface area contributed by atoms with E-state index in [1.54, 1.807) is 0 Å². The first-order valence-electron chi connectivity index (χ1n) is 9.15. The minimum atomic E-state index is -4.80. The number of benzene rings is 1. The summed E-state index contributed by atoms with van der Waals surface area (Å²) < 4.78 is 53.3. The lowest BCUT2D eigenvalue weighted by Crippen LogP contribution is -2.65. The van der Waals surface area contributed by atoms with Crippen LogP contribution in [0.15, 0.2) is 18.2 Å². The number of halogens is 4. The van der Waals surface area contributed by atoms with Gasteiger partial charge in [-0.25, -0.2) is 4.39 Å². The molecule has 0 radical (unpaired) electrons. The first-order chi connectivity index (χ1) is 12.8. The van der Waals surface area contributed by atoms with E-state index in [1.807, 2.05) is 0 Å². The number of carbonyl (C=O) groups excluding carboxylic acids is 1. The van der Waals surface area contributed by atoms with Crippen molar-refractivity contribution in [2.45, 2.75) is 43.4 Å². The van der Waals surface area contributed by atoms with Gasteiger partial charge < -0.3 is 5.32 Å². The fraction of sp³-hybridized carbons (Fsp3) is 0.526. The van der Waals surface area contributed by atoms with Crippen molar-refractivity contribution in [1.82, 2.24) is 10.2 Å². The summed E-state index contributed by atoms with van der Waals surface area (Å²) >= 11 is 0.717. The van der Waals surface area contributed by atoms with Gasteiger partial charge in [0.15, 0.2) is 0 Å². The highest BCUT2D eigenvalue weighted by Gasteiger charge is 2.60. The molecule has 3 saturated heterocycles. The maximum atomic E-state index is 13.8. The first-order valence-corrected chi connectivity index (χ1v) is 9.96. The van der Waals surface area contributed by atoms with Crippen LogP contribution in [0.1, 0.15) is 40.9 Å². The third-order valence-electron chi connectivity index (χ3n) is 6.41. The average Bonchev–Trinajstić information content (AvgIpc) is 3.27. The average molecular weight is 398 g/mol. The molecule has 1 amide bonds. The van der Waals surface area contributed by atoms with Gasteiger partial charge in [0.05, 0.1) is 15.6 Å². The van der Waals surface area contributed by atoms with Crippen molar-refractivity contribution < 1.29 is 22.4 Å². The Morgan fingerprint density at radius 2 is 1.93 bits per heavy atom. The third-order valence-corrected chi connectivity index (χ3v) is 7.58. The Labute approximate surface area is 157 Å². The molecule has 1 aliphatic carbocycles. The van der Waals surface area contributed by atoms with Crippen molar-refractivity contribution in [3.05, 3.63) is 34.5 Å². The number of alkyl halides is 3. The lowest BCUT2D eigenvalue weighted by atomic mass is 9.77. The normalized spacial score (nSPS) is 28.7. The zero-order valence-corrected chi connectivity index (χ0v) is 15.2. The molecule has 3 nitrogen and oxygen atoms in total. The summed E-state index contributed by atoms with van der Waals surface area (Å²) in [5, 5.41) is 3.35. The fourth-order valence-corrected chi connectivity index (χ4v) is 6.11. The molecule has 4 heterocycles. The first kappa shape index (κ1) is 17.4. The molecule has 4 aliphatic rings. The number of hydrogen-bond donors (Lipinski definition) is 1. The maximum absolute atomic E-state index is 13.8. The molecule has 1 atom stereocenters. The zero-order valence-electron chi connectivity index (χ0n) is 14.4. The van der Waals surface area contributed by atoms with Crippen LogP contribution in [0.4, 0.5) is 17.6 Å². The van der Waals surface area contributed by atoms with Gasteiger partial charge in [-0.1, -0.05) is 6.07 Å². The van der Waals surface area contributed by atoms with Crippen LogP contribution in [-0.2, 0) is 6.18 Å². The Balaban J connectivity index is 1.47. The zero-order chi connectivity index (χ0) is 19.0.